The van der Waals surface area contributed by atoms with Gasteiger partial charge in [-0.3, -0.25) is 9.69 Å². The zero-order valence-corrected chi connectivity index (χ0v) is 12.8. The van der Waals surface area contributed by atoms with Gasteiger partial charge in [0.2, 0.25) is 11.8 Å². The Morgan fingerprint density at radius 1 is 1.22 bits per heavy atom. The minimum absolute atomic E-state index is 0.174. The first-order valence-electron chi connectivity index (χ1n) is 7.73. The van der Waals surface area contributed by atoms with E-state index in [2.05, 4.69) is 10.1 Å². The van der Waals surface area contributed by atoms with Crippen LogP contribution in [0, 0.1) is 6.92 Å². The van der Waals surface area contributed by atoms with Gasteiger partial charge in [0, 0.05) is 19.4 Å². The Kier molecular flexibility index (Phi) is 4.31. The Morgan fingerprint density at radius 2 is 1.91 bits per heavy atom. The molecule has 2 aliphatic rings. The maximum absolute atomic E-state index is 12.5. The third kappa shape index (κ3) is 3.65. The van der Waals surface area contributed by atoms with Crippen molar-refractivity contribution in [3.05, 3.63) is 11.7 Å². The van der Waals surface area contributed by atoms with Crippen molar-refractivity contribution in [2.75, 3.05) is 26.2 Å². The van der Waals surface area contributed by atoms with E-state index < -0.39 is 24.7 Å². The van der Waals surface area contributed by atoms with Gasteiger partial charge in [-0.05, 0) is 32.4 Å². The third-order valence-electron chi connectivity index (χ3n) is 4.52. The molecule has 0 aromatic carbocycles. The number of hydrogen-bond acceptors (Lipinski definition) is 5. The number of aromatic nitrogens is 2. The number of carbonyl (C=O) groups excluding carboxylic acids is 1. The van der Waals surface area contributed by atoms with Crippen LogP contribution >= 0.6 is 0 Å². The topological polar surface area (TPSA) is 62.5 Å². The molecule has 1 atom stereocenters. The standard InChI is InChI=1S/C14H19F3N4O2/c1-9-18-12(19-23-9)10-2-5-20(6-3-10)11-4-7-21(13(11)22)8-14(15,16)17/h10-11H,2-8H2,1H3. The summed E-state index contributed by atoms with van der Waals surface area (Å²) in [6, 6.07) is -0.426. The largest absolute Gasteiger partial charge is 0.406 e. The maximum Gasteiger partial charge on any atom is 0.406 e. The van der Waals surface area contributed by atoms with Gasteiger partial charge >= 0.3 is 6.18 Å². The second kappa shape index (κ2) is 6.10. The number of aryl methyl sites for hydroxylation is 1. The Morgan fingerprint density at radius 3 is 2.48 bits per heavy atom. The van der Waals surface area contributed by atoms with Crippen LogP contribution in [0.25, 0.3) is 0 Å². The van der Waals surface area contributed by atoms with Crippen molar-refractivity contribution in [2.24, 2.45) is 0 Å². The van der Waals surface area contributed by atoms with Crippen LogP contribution in [0.1, 0.15) is 36.9 Å². The van der Waals surface area contributed by atoms with Crippen molar-refractivity contribution in [1.82, 2.24) is 19.9 Å². The summed E-state index contributed by atoms with van der Waals surface area (Å²) in [6.07, 6.45) is -2.32. The average Bonchev–Trinajstić information content (AvgIpc) is 3.05. The highest BCUT2D eigenvalue weighted by atomic mass is 19.4. The highest BCUT2D eigenvalue weighted by molar-refractivity contribution is 5.84. The van der Waals surface area contributed by atoms with Crippen molar-refractivity contribution in [1.29, 1.82) is 0 Å². The zero-order valence-electron chi connectivity index (χ0n) is 12.8. The lowest BCUT2D eigenvalue weighted by molar-refractivity contribution is -0.159. The molecule has 23 heavy (non-hydrogen) atoms. The van der Waals surface area contributed by atoms with Crippen molar-refractivity contribution in [2.45, 2.75) is 44.3 Å². The van der Waals surface area contributed by atoms with Crippen LogP contribution < -0.4 is 0 Å². The monoisotopic (exact) mass is 332 g/mol. The number of hydrogen-bond donors (Lipinski definition) is 0. The normalized spacial score (nSPS) is 24.6. The van der Waals surface area contributed by atoms with E-state index >= 15 is 0 Å². The highest BCUT2D eigenvalue weighted by Gasteiger charge is 2.42. The van der Waals surface area contributed by atoms with Gasteiger partial charge in [-0.15, -0.1) is 0 Å². The minimum atomic E-state index is -4.34. The number of alkyl halides is 3. The lowest BCUT2D eigenvalue weighted by Gasteiger charge is -2.34. The molecule has 6 nitrogen and oxygen atoms in total. The zero-order chi connectivity index (χ0) is 16.6. The molecule has 3 heterocycles. The van der Waals surface area contributed by atoms with E-state index in [-0.39, 0.29) is 12.5 Å². The number of carbonyl (C=O) groups is 1. The summed E-state index contributed by atoms with van der Waals surface area (Å²) in [7, 11) is 0. The van der Waals surface area contributed by atoms with Crippen LogP contribution in [-0.4, -0.2) is 64.2 Å². The van der Waals surface area contributed by atoms with Crippen LogP contribution in [0.5, 0.6) is 0 Å². The molecule has 9 heteroatoms. The van der Waals surface area contributed by atoms with E-state index in [1.807, 2.05) is 4.90 Å². The molecule has 0 saturated carbocycles. The number of halogens is 3. The van der Waals surface area contributed by atoms with Crippen molar-refractivity contribution >= 4 is 5.91 Å². The van der Waals surface area contributed by atoms with E-state index in [0.717, 1.165) is 17.7 Å². The second-order valence-electron chi connectivity index (χ2n) is 6.16. The second-order valence-corrected chi connectivity index (χ2v) is 6.16. The van der Waals surface area contributed by atoms with E-state index in [1.165, 1.54) is 0 Å². The SMILES string of the molecule is Cc1nc(C2CCN(C3CCN(CC(F)(F)F)C3=O)CC2)no1. The summed E-state index contributed by atoms with van der Waals surface area (Å²) in [5.41, 5.74) is 0. The molecule has 2 aliphatic heterocycles. The number of piperidine rings is 1. The predicted octanol–water partition coefficient (Wildman–Crippen LogP) is 1.72. The van der Waals surface area contributed by atoms with E-state index in [9.17, 15) is 18.0 Å². The number of likely N-dealkylation sites (tertiary alicyclic amines) is 2. The molecule has 1 aromatic heterocycles. The molecule has 3 rings (SSSR count). The lowest BCUT2D eigenvalue weighted by atomic mass is 9.95. The molecule has 0 N–H and O–H groups in total. The molecule has 0 aliphatic carbocycles. The Hall–Kier alpha value is -1.64. The summed E-state index contributed by atoms with van der Waals surface area (Å²) in [6.45, 7) is 2.08. The van der Waals surface area contributed by atoms with E-state index in [4.69, 9.17) is 4.52 Å². The molecular weight excluding hydrogens is 313 g/mol. The maximum atomic E-state index is 12.5. The Balaban J connectivity index is 1.55. The summed E-state index contributed by atoms with van der Waals surface area (Å²) >= 11 is 0. The first kappa shape index (κ1) is 16.2. The molecule has 1 unspecified atom stereocenters. The average molecular weight is 332 g/mol. The number of nitrogens with zero attached hydrogens (tertiary/aromatic N) is 4. The first-order chi connectivity index (χ1) is 10.8. The van der Waals surface area contributed by atoms with E-state index in [1.54, 1.807) is 6.92 Å². The van der Waals surface area contributed by atoms with Gasteiger partial charge in [-0.2, -0.15) is 18.2 Å². The van der Waals surface area contributed by atoms with Crippen LogP contribution in [0.15, 0.2) is 4.52 Å². The fourth-order valence-electron chi connectivity index (χ4n) is 3.38. The van der Waals surface area contributed by atoms with Crippen molar-refractivity contribution in [3.63, 3.8) is 0 Å². The fourth-order valence-corrected chi connectivity index (χ4v) is 3.38. The van der Waals surface area contributed by atoms with Gasteiger partial charge in [0.25, 0.3) is 0 Å². The lowest BCUT2D eigenvalue weighted by Crippen LogP contribution is -2.46. The fraction of sp³-hybridized carbons (Fsp3) is 0.786. The van der Waals surface area contributed by atoms with Gasteiger partial charge in [0.15, 0.2) is 5.82 Å². The van der Waals surface area contributed by atoms with Gasteiger partial charge in [-0.25, -0.2) is 0 Å². The molecule has 0 radical (unpaired) electrons. The highest BCUT2D eigenvalue weighted by Crippen LogP contribution is 2.30. The van der Waals surface area contributed by atoms with E-state index in [0.29, 0.717) is 31.2 Å². The molecular formula is C14H19F3N4O2. The van der Waals surface area contributed by atoms with Gasteiger partial charge < -0.3 is 9.42 Å². The third-order valence-corrected chi connectivity index (χ3v) is 4.52. The molecule has 2 saturated heterocycles. The smallest absolute Gasteiger partial charge is 0.340 e. The molecule has 2 fully saturated rings. The van der Waals surface area contributed by atoms with Crippen LogP contribution in [0.2, 0.25) is 0 Å². The summed E-state index contributed by atoms with van der Waals surface area (Å²) < 4.78 is 42.4. The van der Waals surface area contributed by atoms with Gasteiger partial charge in [0.05, 0.1) is 6.04 Å². The molecule has 1 amide bonds. The summed E-state index contributed by atoms with van der Waals surface area (Å²) in [5, 5.41) is 3.92. The molecule has 0 bridgehead atoms. The number of rotatable bonds is 3. The molecule has 1 aromatic rings. The van der Waals surface area contributed by atoms with Gasteiger partial charge in [-0.1, -0.05) is 5.16 Å². The summed E-state index contributed by atoms with van der Waals surface area (Å²) in [5.74, 6) is 0.984. The molecule has 128 valence electrons. The quantitative estimate of drug-likeness (QED) is 0.843. The van der Waals surface area contributed by atoms with Crippen LogP contribution in [-0.2, 0) is 4.79 Å². The van der Waals surface area contributed by atoms with Crippen molar-refractivity contribution in [3.8, 4) is 0 Å². The Labute approximate surface area is 131 Å². The Bertz CT molecular complexity index is 567. The first-order valence-corrected chi connectivity index (χ1v) is 7.73. The van der Waals surface area contributed by atoms with Crippen molar-refractivity contribution < 1.29 is 22.5 Å². The van der Waals surface area contributed by atoms with Crippen LogP contribution in [0.3, 0.4) is 0 Å². The predicted molar refractivity (Wildman–Crippen MR) is 73.6 cm³/mol. The molecule has 0 spiro atoms. The minimum Gasteiger partial charge on any atom is -0.340 e. The van der Waals surface area contributed by atoms with Gasteiger partial charge in [0.1, 0.15) is 6.54 Å². The van der Waals surface area contributed by atoms with Crippen LogP contribution in [0.4, 0.5) is 13.2 Å². The number of amides is 1. The summed E-state index contributed by atoms with van der Waals surface area (Å²) in [4.78, 5) is 19.3.